The summed E-state index contributed by atoms with van der Waals surface area (Å²) in [5.41, 5.74) is 1.37. The molecule has 0 aromatic heterocycles. The van der Waals surface area contributed by atoms with Crippen molar-refractivity contribution in [2.24, 2.45) is 0 Å². The second kappa shape index (κ2) is 8.52. The fraction of sp³-hybridized carbons (Fsp3) is 0.0909. The van der Waals surface area contributed by atoms with Crippen molar-refractivity contribution in [2.45, 2.75) is 13.0 Å². The number of fused-ring (bicyclic) bond motifs is 1. The van der Waals surface area contributed by atoms with Crippen molar-refractivity contribution in [1.29, 1.82) is 0 Å². The molecule has 0 saturated heterocycles. The molecule has 0 fully saturated rings. The maximum Gasteiger partial charge on any atom is 0.331 e. The Morgan fingerprint density at radius 1 is 1.00 bits per heavy atom. The zero-order valence-electron chi connectivity index (χ0n) is 14.7. The van der Waals surface area contributed by atoms with Crippen molar-refractivity contribution in [2.75, 3.05) is 5.32 Å². The molecule has 1 atom stereocenters. The Morgan fingerprint density at radius 2 is 1.70 bits per heavy atom. The number of rotatable bonds is 5. The summed E-state index contributed by atoms with van der Waals surface area (Å²) < 4.78 is 5.18. The number of carbonyl (C=O) groups excluding carboxylic acids is 2. The molecule has 136 valence electrons. The van der Waals surface area contributed by atoms with E-state index in [1.807, 2.05) is 42.5 Å². The van der Waals surface area contributed by atoms with Gasteiger partial charge in [0, 0.05) is 6.08 Å². The van der Waals surface area contributed by atoms with E-state index in [0.29, 0.717) is 10.7 Å². The molecular weight excluding hydrogens is 362 g/mol. The molecule has 0 spiro atoms. The fourth-order valence-electron chi connectivity index (χ4n) is 2.62. The SMILES string of the molecule is C[C@H](OC(=O)/C=C/c1cccc2ccccc12)C(=O)Nc1ccccc1Cl. The first-order valence-electron chi connectivity index (χ1n) is 8.46. The van der Waals surface area contributed by atoms with Gasteiger partial charge >= 0.3 is 5.97 Å². The van der Waals surface area contributed by atoms with Crippen LogP contribution in [0.25, 0.3) is 16.8 Å². The minimum absolute atomic E-state index is 0.417. The summed E-state index contributed by atoms with van der Waals surface area (Å²) in [5.74, 6) is -1.04. The van der Waals surface area contributed by atoms with Gasteiger partial charge in [0.15, 0.2) is 6.10 Å². The van der Waals surface area contributed by atoms with E-state index in [2.05, 4.69) is 5.32 Å². The van der Waals surface area contributed by atoms with Crippen LogP contribution in [0.15, 0.2) is 72.8 Å². The lowest BCUT2D eigenvalue weighted by Gasteiger charge is -2.13. The first-order chi connectivity index (χ1) is 13.0. The van der Waals surface area contributed by atoms with Gasteiger partial charge in [-0.3, -0.25) is 4.79 Å². The number of halogens is 1. The number of hydrogen-bond donors (Lipinski definition) is 1. The van der Waals surface area contributed by atoms with Crippen molar-refractivity contribution in [3.8, 4) is 0 Å². The van der Waals surface area contributed by atoms with Crippen LogP contribution in [-0.2, 0) is 14.3 Å². The van der Waals surface area contributed by atoms with Crippen LogP contribution < -0.4 is 5.32 Å². The molecule has 0 aliphatic carbocycles. The molecule has 27 heavy (non-hydrogen) atoms. The van der Waals surface area contributed by atoms with E-state index < -0.39 is 18.0 Å². The molecular formula is C22H18ClNO3. The average molecular weight is 380 g/mol. The van der Waals surface area contributed by atoms with Crippen molar-refractivity contribution >= 4 is 46.0 Å². The number of benzene rings is 3. The van der Waals surface area contributed by atoms with Gasteiger partial charge in [0.25, 0.3) is 5.91 Å². The predicted octanol–water partition coefficient (Wildman–Crippen LogP) is 5.08. The molecule has 0 aliphatic rings. The molecule has 0 saturated carbocycles. The monoisotopic (exact) mass is 379 g/mol. The summed E-state index contributed by atoms with van der Waals surface area (Å²) in [4.78, 5) is 24.2. The number of ether oxygens (including phenoxy) is 1. The molecule has 4 nitrogen and oxygen atoms in total. The molecule has 0 bridgehead atoms. The Hall–Kier alpha value is -3.11. The van der Waals surface area contributed by atoms with E-state index in [-0.39, 0.29) is 0 Å². The summed E-state index contributed by atoms with van der Waals surface area (Å²) in [5, 5.41) is 5.18. The molecule has 1 amide bonds. The number of esters is 1. The van der Waals surface area contributed by atoms with Gasteiger partial charge in [0.2, 0.25) is 0 Å². The molecule has 0 unspecified atom stereocenters. The first-order valence-corrected chi connectivity index (χ1v) is 8.84. The van der Waals surface area contributed by atoms with Gasteiger partial charge < -0.3 is 10.1 Å². The van der Waals surface area contributed by atoms with Crippen molar-refractivity contribution in [3.63, 3.8) is 0 Å². The molecule has 3 aromatic rings. The lowest BCUT2D eigenvalue weighted by atomic mass is 10.0. The third kappa shape index (κ3) is 4.74. The third-order valence-corrected chi connectivity index (χ3v) is 4.35. The van der Waals surface area contributed by atoms with Gasteiger partial charge in [-0.15, -0.1) is 0 Å². The highest BCUT2D eigenvalue weighted by Gasteiger charge is 2.17. The zero-order chi connectivity index (χ0) is 19.2. The number of amides is 1. The van der Waals surface area contributed by atoms with Crippen LogP contribution >= 0.6 is 11.6 Å². The van der Waals surface area contributed by atoms with Crippen LogP contribution in [0.3, 0.4) is 0 Å². The maximum absolute atomic E-state index is 12.2. The quantitative estimate of drug-likeness (QED) is 0.497. The Bertz CT molecular complexity index is 1010. The van der Waals surface area contributed by atoms with Crippen LogP contribution in [0.5, 0.6) is 0 Å². The van der Waals surface area contributed by atoms with Crippen LogP contribution in [0.1, 0.15) is 12.5 Å². The lowest BCUT2D eigenvalue weighted by molar-refractivity contribution is -0.148. The first kappa shape index (κ1) is 18.7. The minimum Gasteiger partial charge on any atom is -0.449 e. The highest BCUT2D eigenvalue weighted by atomic mass is 35.5. The van der Waals surface area contributed by atoms with Gasteiger partial charge in [-0.1, -0.05) is 66.2 Å². The largest absolute Gasteiger partial charge is 0.449 e. The molecule has 5 heteroatoms. The topological polar surface area (TPSA) is 55.4 Å². The van der Waals surface area contributed by atoms with Crippen LogP contribution in [-0.4, -0.2) is 18.0 Å². The van der Waals surface area contributed by atoms with E-state index in [1.165, 1.54) is 13.0 Å². The van der Waals surface area contributed by atoms with Crippen molar-refractivity contribution in [3.05, 3.63) is 83.4 Å². The molecule has 1 N–H and O–H groups in total. The Balaban J connectivity index is 1.63. The van der Waals surface area contributed by atoms with E-state index in [9.17, 15) is 9.59 Å². The maximum atomic E-state index is 12.2. The third-order valence-electron chi connectivity index (χ3n) is 4.02. The van der Waals surface area contributed by atoms with Gasteiger partial charge in [0.05, 0.1) is 10.7 Å². The van der Waals surface area contributed by atoms with E-state index in [4.69, 9.17) is 16.3 Å². The molecule has 0 radical (unpaired) electrons. The smallest absolute Gasteiger partial charge is 0.331 e. The summed E-state index contributed by atoms with van der Waals surface area (Å²) in [6, 6.07) is 20.6. The molecule has 3 rings (SSSR count). The molecule has 3 aromatic carbocycles. The summed E-state index contributed by atoms with van der Waals surface area (Å²) in [6.45, 7) is 1.51. The molecule has 0 heterocycles. The normalized spacial score (nSPS) is 12.1. The number of nitrogens with one attached hydrogen (secondary N) is 1. The van der Waals surface area contributed by atoms with Crippen LogP contribution in [0.2, 0.25) is 5.02 Å². The van der Waals surface area contributed by atoms with Gasteiger partial charge in [-0.05, 0) is 41.5 Å². The standard InChI is InChI=1S/C22H18ClNO3/c1-15(22(26)24-20-12-5-4-11-19(20)23)27-21(25)14-13-17-9-6-8-16-7-2-3-10-18(16)17/h2-15H,1H3,(H,24,26)/b14-13+/t15-/m0/s1. The number of hydrogen-bond acceptors (Lipinski definition) is 3. The second-order valence-electron chi connectivity index (χ2n) is 5.95. The predicted molar refractivity (Wildman–Crippen MR) is 109 cm³/mol. The number of para-hydroxylation sites is 1. The highest BCUT2D eigenvalue weighted by Crippen LogP contribution is 2.21. The van der Waals surface area contributed by atoms with Crippen molar-refractivity contribution < 1.29 is 14.3 Å². The fourth-order valence-corrected chi connectivity index (χ4v) is 2.80. The Kier molecular flexibility index (Phi) is 5.89. The Morgan fingerprint density at radius 3 is 2.52 bits per heavy atom. The Labute approximate surface area is 162 Å². The van der Waals surface area contributed by atoms with E-state index >= 15 is 0 Å². The minimum atomic E-state index is -0.953. The number of anilines is 1. The second-order valence-corrected chi connectivity index (χ2v) is 6.36. The summed E-state index contributed by atoms with van der Waals surface area (Å²) in [6.07, 6.45) is 2.05. The van der Waals surface area contributed by atoms with Gasteiger partial charge in [0.1, 0.15) is 0 Å². The van der Waals surface area contributed by atoms with Crippen LogP contribution in [0, 0.1) is 0 Å². The van der Waals surface area contributed by atoms with E-state index in [0.717, 1.165) is 16.3 Å². The van der Waals surface area contributed by atoms with Gasteiger partial charge in [-0.2, -0.15) is 0 Å². The highest BCUT2D eigenvalue weighted by molar-refractivity contribution is 6.33. The van der Waals surface area contributed by atoms with Crippen LogP contribution in [0.4, 0.5) is 5.69 Å². The van der Waals surface area contributed by atoms with Crippen molar-refractivity contribution in [1.82, 2.24) is 0 Å². The zero-order valence-corrected chi connectivity index (χ0v) is 15.4. The van der Waals surface area contributed by atoms with E-state index in [1.54, 1.807) is 30.3 Å². The lowest BCUT2D eigenvalue weighted by Crippen LogP contribution is -2.29. The number of carbonyl (C=O) groups is 2. The summed E-state index contributed by atoms with van der Waals surface area (Å²) in [7, 11) is 0. The summed E-state index contributed by atoms with van der Waals surface area (Å²) >= 11 is 6.01. The average Bonchev–Trinajstić information content (AvgIpc) is 2.68. The molecule has 0 aliphatic heterocycles. The van der Waals surface area contributed by atoms with Gasteiger partial charge in [-0.25, -0.2) is 4.79 Å².